The first-order valence-electron chi connectivity index (χ1n) is 9.18. The summed E-state index contributed by atoms with van der Waals surface area (Å²) in [5.74, 6) is 1.74. The van der Waals surface area contributed by atoms with Gasteiger partial charge in [0.05, 0.1) is 10.0 Å². The number of nitrogens with one attached hydrogen (secondary N) is 1. The molecule has 0 amide bonds. The van der Waals surface area contributed by atoms with Gasteiger partial charge in [-0.1, -0.05) is 41.0 Å². The summed E-state index contributed by atoms with van der Waals surface area (Å²) in [5.41, 5.74) is 0.907. The zero-order valence-corrected chi connectivity index (χ0v) is 16.5. The Labute approximate surface area is 168 Å². The Bertz CT molecular complexity index is 833. The zero-order valence-electron chi connectivity index (χ0n) is 15.0. The van der Waals surface area contributed by atoms with Crippen molar-refractivity contribution in [1.82, 2.24) is 20.1 Å². The van der Waals surface area contributed by atoms with Crippen molar-refractivity contribution in [2.45, 2.75) is 37.8 Å². The Morgan fingerprint density at radius 1 is 1.26 bits per heavy atom. The fourth-order valence-corrected chi connectivity index (χ4v) is 4.18. The monoisotopic (exact) mass is 408 g/mol. The van der Waals surface area contributed by atoms with Gasteiger partial charge in [-0.05, 0) is 38.1 Å². The number of hydrogen-bond donors (Lipinski definition) is 1. The van der Waals surface area contributed by atoms with Gasteiger partial charge in [-0.25, -0.2) is 0 Å². The van der Waals surface area contributed by atoms with Crippen LogP contribution in [0, 0.1) is 0 Å². The van der Waals surface area contributed by atoms with Crippen molar-refractivity contribution in [3.8, 4) is 11.8 Å². The van der Waals surface area contributed by atoms with E-state index in [1.54, 1.807) is 12.1 Å². The van der Waals surface area contributed by atoms with Crippen LogP contribution >= 0.6 is 23.2 Å². The van der Waals surface area contributed by atoms with Crippen molar-refractivity contribution in [1.29, 1.82) is 0 Å². The molecular weight excluding hydrogens is 387 g/mol. The van der Waals surface area contributed by atoms with Crippen molar-refractivity contribution < 1.29 is 9.47 Å². The molecule has 0 radical (unpaired) electrons. The molecule has 144 valence electrons. The molecule has 1 atom stereocenters. The number of rotatable bonds is 6. The maximum Gasteiger partial charge on any atom is 0.317 e. The van der Waals surface area contributed by atoms with Crippen molar-refractivity contribution in [3.05, 3.63) is 46.2 Å². The van der Waals surface area contributed by atoms with Crippen LogP contribution in [-0.2, 0) is 13.0 Å². The number of ether oxygens (including phenoxy) is 2. The minimum absolute atomic E-state index is 0.108. The molecule has 1 aromatic carbocycles. The normalized spacial score (nSPS) is 19.7. The summed E-state index contributed by atoms with van der Waals surface area (Å²) in [7, 11) is 0. The summed E-state index contributed by atoms with van der Waals surface area (Å²) in [6.45, 7) is 6.74. The van der Waals surface area contributed by atoms with Crippen LogP contribution in [0.15, 0.2) is 24.8 Å². The van der Waals surface area contributed by atoms with E-state index in [0.717, 1.165) is 43.1 Å². The third kappa shape index (κ3) is 3.79. The molecule has 0 aliphatic carbocycles. The number of piperidine rings is 1. The lowest BCUT2D eigenvalue weighted by molar-refractivity contribution is 0.142. The molecule has 0 saturated carbocycles. The second kappa shape index (κ2) is 8.09. The smallest absolute Gasteiger partial charge is 0.317 e. The van der Waals surface area contributed by atoms with Gasteiger partial charge in [-0.3, -0.25) is 4.57 Å². The van der Waals surface area contributed by atoms with Gasteiger partial charge in [0.15, 0.2) is 0 Å². The average molecular weight is 409 g/mol. The molecule has 1 aromatic heterocycles. The molecular formula is C19H22Cl2N4O2. The Hall–Kier alpha value is -1.76. The van der Waals surface area contributed by atoms with Crippen LogP contribution < -0.4 is 14.8 Å². The lowest BCUT2D eigenvalue weighted by Crippen LogP contribution is -2.34. The predicted molar refractivity (Wildman–Crippen MR) is 105 cm³/mol. The Balaban J connectivity index is 1.56. The standard InChI is InChI=1S/C19H22Cl2N4O2/c1-2-9-26-15-4-3-14(20)18(21)17(15)12-10-16-23-24-19(25(16)11-12)27-13-5-7-22-8-6-13/h2-4,12-13,22H,1,5-11H2. The first kappa shape index (κ1) is 18.6. The van der Waals surface area contributed by atoms with Gasteiger partial charge >= 0.3 is 6.01 Å². The molecule has 8 heteroatoms. The molecule has 6 nitrogen and oxygen atoms in total. The second-order valence-electron chi connectivity index (χ2n) is 6.85. The van der Waals surface area contributed by atoms with E-state index in [1.807, 2.05) is 10.6 Å². The quantitative estimate of drug-likeness (QED) is 0.739. The molecule has 0 bridgehead atoms. The predicted octanol–water partition coefficient (Wildman–Crippen LogP) is 3.62. The highest BCUT2D eigenvalue weighted by molar-refractivity contribution is 6.42. The zero-order chi connectivity index (χ0) is 18.8. The molecule has 0 spiro atoms. The molecule has 4 rings (SSSR count). The molecule has 2 aliphatic heterocycles. The van der Waals surface area contributed by atoms with Gasteiger partial charge in [-0.15, -0.1) is 5.10 Å². The topological polar surface area (TPSA) is 61.2 Å². The Morgan fingerprint density at radius 3 is 2.85 bits per heavy atom. The summed E-state index contributed by atoms with van der Waals surface area (Å²) >= 11 is 12.8. The number of fused-ring (bicyclic) bond motifs is 1. The van der Waals surface area contributed by atoms with Crippen molar-refractivity contribution in [3.63, 3.8) is 0 Å². The molecule has 27 heavy (non-hydrogen) atoms. The van der Waals surface area contributed by atoms with E-state index in [9.17, 15) is 0 Å². The largest absolute Gasteiger partial charge is 0.489 e. The number of aromatic nitrogens is 3. The molecule has 2 aromatic rings. The fourth-order valence-electron chi connectivity index (χ4n) is 3.71. The van der Waals surface area contributed by atoms with E-state index in [2.05, 4.69) is 22.1 Å². The van der Waals surface area contributed by atoms with E-state index >= 15 is 0 Å². The lowest BCUT2D eigenvalue weighted by atomic mass is 9.96. The number of benzene rings is 1. The summed E-state index contributed by atoms with van der Waals surface area (Å²) in [4.78, 5) is 0. The number of hydrogen-bond acceptors (Lipinski definition) is 5. The highest BCUT2D eigenvalue weighted by Gasteiger charge is 2.33. The summed E-state index contributed by atoms with van der Waals surface area (Å²) in [6, 6.07) is 4.21. The third-order valence-corrected chi connectivity index (χ3v) is 5.86. The lowest BCUT2D eigenvalue weighted by Gasteiger charge is -2.23. The van der Waals surface area contributed by atoms with Gasteiger partial charge in [0, 0.05) is 24.4 Å². The van der Waals surface area contributed by atoms with Gasteiger partial charge in [-0.2, -0.15) is 0 Å². The van der Waals surface area contributed by atoms with E-state index in [-0.39, 0.29) is 12.0 Å². The first-order chi connectivity index (χ1) is 13.2. The SMILES string of the molecule is C=CCOc1ccc(Cl)c(Cl)c1C1Cc2nnc(OC3CCNCC3)n2C1. The number of nitrogens with zero attached hydrogens (tertiary/aromatic N) is 3. The summed E-state index contributed by atoms with van der Waals surface area (Å²) in [5, 5.41) is 12.9. The first-order valence-corrected chi connectivity index (χ1v) is 9.94. The minimum Gasteiger partial charge on any atom is -0.489 e. The highest BCUT2D eigenvalue weighted by atomic mass is 35.5. The Kier molecular flexibility index (Phi) is 5.57. The van der Waals surface area contributed by atoms with Gasteiger partial charge in [0.25, 0.3) is 0 Å². The highest BCUT2D eigenvalue weighted by Crippen LogP contribution is 2.43. The summed E-state index contributed by atoms with van der Waals surface area (Å²) < 4.78 is 14.0. The van der Waals surface area contributed by atoms with Crippen LogP contribution in [0.5, 0.6) is 11.8 Å². The molecule has 1 N–H and O–H groups in total. The maximum absolute atomic E-state index is 6.54. The van der Waals surface area contributed by atoms with Crippen LogP contribution in [0.3, 0.4) is 0 Å². The van der Waals surface area contributed by atoms with Crippen molar-refractivity contribution >= 4 is 23.2 Å². The molecule has 1 saturated heterocycles. The molecule has 3 heterocycles. The van der Waals surface area contributed by atoms with Gasteiger partial charge < -0.3 is 14.8 Å². The van der Waals surface area contributed by atoms with Gasteiger partial charge in [0.2, 0.25) is 0 Å². The van der Waals surface area contributed by atoms with Crippen molar-refractivity contribution in [2.75, 3.05) is 19.7 Å². The van der Waals surface area contributed by atoms with Crippen LogP contribution in [-0.4, -0.2) is 40.6 Å². The third-order valence-electron chi connectivity index (χ3n) is 5.04. The maximum atomic E-state index is 6.54. The minimum atomic E-state index is 0.108. The molecule has 1 fully saturated rings. The van der Waals surface area contributed by atoms with Gasteiger partial charge in [0.1, 0.15) is 24.3 Å². The summed E-state index contributed by atoms with van der Waals surface area (Å²) in [6.07, 6.45) is 4.56. The number of halogens is 2. The van der Waals surface area contributed by atoms with E-state index in [1.165, 1.54) is 0 Å². The fraction of sp³-hybridized carbons (Fsp3) is 0.474. The van der Waals surface area contributed by atoms with Crippen LogP contribution in [0.25, 0.3) is 0 Å². The van der Waals surface area contributed by atoms with E-state index in [0.29, 0.717) is 35.6 Å². The van der Waals surface area contributed by atoms with E-state index < -0.39 is 0 Å². The van der Waals surface area contributed by atoms with Crippen LogP contribution in [0.2, 0.25) is 10.0 Å². The van der Waals surface area contributed by atoms with Crippen molar-refractivity contribution in [2.24, 2.45) is 0 Å². The average Bonchev–Trinajstić information content (AvgIpc) is 3.25. The second-order valence-corrected chi connectivity index (χ2v) is 7.64. The molecule has 1 unspecified atom stereocenters. The van der Waals surface area contributed by atoms with Crippen LogP contribution in [0.4, 0.5) is 0 Å². The Morgan fingerprint density at radius 2 is 2.07 bits per heavy atom. The van der Waals surface area contributed by atoms with Crippen LogP contribution in [0.1, 0.15) is 30.1 Å². The van der Waals surface area contributed by atoms with E-state index in [4.69, 9.17) is 32.7 Å². The molecule has 2 aliphatic rings.